The highest BCUT2D eigenvalue weighted by Crippen LogP contribution is 2.41. The minimum absolute atomic E-state index is 0.182. The number of methoxy groups -OCH3 is 2. The molecule has 1 N–H and O–H groups in total. The van der Waals surface area contributed by atoms with Crippen molar-refractivity contribution >= 4 is 16.8 Å². The summed E-state index contributed by atoms with van der Waals surface area (Å²) in [4.78, 5) is 2.37. The molecule has 0 amide bonds. The van der Waals surface area contributed by atoms with Crippen LogP contribution >= 0.6 is 0 Å². The normalized spacial score (nSPS) is 16.7. The summed E-state index contributed by atoms with van der Waals surface area (Å²) in [6, 6.07) is 20.0. The van der Waals surface area contributed by atoms with Crippen molar-refractivity contribution in [1.82, 2.24) is 0 Å². The number of piperidine rings is 1. The van der Waals surface area contributed by atoms with E-state index in [1.807, 2.05) is 12.1 Å². The summed E-state index contributed by atoms with van der Waals surface area (Å²) in [5, 5.41) is 10.2. The van der Waals surface area contributed by atoms with Crippen LogP contribution in [0.1, 0.15) is 47.9 Å². The molecule has 0 unspecified atom stereocenters. The number of aryl methyl sites for hydroxylation is 1. The van der Waals surface area contributed by atoms with Gasteiger partial charge < -0.3 is 24.2 Å². The summed E-state index contributed by atoms with van der Waals surface area (Å²) >= 11 is 0. The van der Waals surface area contributed by atoms with Gasteiger partial charge in [0.25, 0.3) is 0 Å². The SMILES string of the molecule is COC(OC)C1CCN(c2ccc(C3=C(c4ccc(OC(F)(F)F)cc4)CCCc4cc(O)ccc43)cc2)CC1. The number of nitrogens with zero attached hydrogens (tertiary/aromatic N) is 1. The number of phenols is 1. The van der Waals surface area contributed by atoms with E-state index >= 15 is 0 Å². The van der Waals surface area contributed by atoms with Crippen LogP contribution in [0.4, 0.5) is 18.9 Å². The van der Waals surface area contributed by atoms with Gasteiger partial charge in [-0.25, -0.2) is 0 Å². The molecule has 1 aliphatic heterocycles. The summed E-state index contributed by atoms with van der Waals surface area (Å²) in [6.07, 6.45) is -0.557. The van der Waals surface area contributed by atoms with E-state index < -0.39 is 6.36 Å². The summed E-state index contributed by atoms with van der Waals surface area (Å²) < 4.78 is 53.2. The number of allylic oxidation sites excluding steroid dienone is 1. The molecule has 0 spiro atoms. The maximum Gasteiger partial charge on any atom is 0.573 e. The summed E-state index contributed by atoms with van der Waals surface area (Å²) in [6.45, 7) is 1.82. The smallest absolute Gasteiger partial charge is 0.508 e. The van der Waals surface area contributed by atoms with Gasteiger partial charge >= 0.3 is 6.36 Å². The number of alkyl halides is 3. The maximum atomic E-state index is 12.7. The van der Waals surface area contributed by atoms with Gasteiger partial charge in [0.15, 0.2) is 6.29 Å². The summed E-state index contributed by atoms with van der Waals surface area (Å²) in [7, 11) is 3.36. The second kappa shape index (κ2) is 11.9. The van der Waals surface area contributed by atoms with Crippen molar-refractivity contribution in [2.45, 2.75) is 44.8 Å². The van der Waals surface area contributed by atoms with Gasteiger partial charge in [0, 0.05) is 38.9 Å². The molecule has 212 valence electrons. The van der Waals surface area contributed by atoms with Crippen LogP contribution in [0.3, 0.4) is 0 Å². The molecule has 40 heavy (non-hydrogen) atoms. The van der Waals surface area contributed by atoms with E-state index in [9.17, 15) is 18.3 Å². The zero-order valence-corrected chi connectivity index (χ0v) is 22.7. The average Bonchev–Trinajstić information content (AvgIpc) is 3.13. The van der Waals surface area contributed by atoms with Crippen LogP contribution in [0.5, 0.6) is 11.5 Å². The lowest BCUT2D eigenvalue weighted by atomic mass is 9.87. The van der Waals surface area contributed by atoms with Crippen LogP contribution in [-0.2, 0) is 15.9 Å². The molecule has 3 aromatic rings. The number of anilines is 1. The van der Waals surface area contributed by atoms with E-state index in [4.69, 9.17) is 9.47 Å². The minimum atomic E-state index is -4.73. The molecule has 2 aliphatic rings. The number of ether oxygens (including phenoxy) is 3. The number of aromatic hydroxyl groups is 1. The maximum absolute atomic E-state index is 12.7. The van der Waals surface area contributed by atoms with Crippen LogP contribution in [0.25, 0.3) is 11.1 Å². The Morgan fingerprint density at radius 1 is 0.850 bits per heavy atom. The van der Waals surface area contributed by atoms with Crippen molar-refractivity contribution in [3.8, 4) is 11.5 Å². The quantitative estimate of drug-likeness (QED) is 0.309. The van der Waals surface area contributed by atoms with Gasteiger partial charge in [-0.15, -0.1) is 13.2 Å². The Labute approximate surface area is 232 Å². The molecule has 0 saturated carbocycles. The number of rotatable bonds is 7. The van der Waals surface area contributed by atoms with Crippen molar-refractivity contribution in [3.63, 3.8) is 0 Å². The molecule has 1 aliphatic carbocycles. The standard InChI is InChI=1S/C32H34F3NO4/c1-38-31(39-2)23-16-18-36(19-17-23)25-10-6-22(7-11-25)30-28(5-3-4-24-20-26(37)12-15-29(24)30)21-8-13-27(14-9-21)40-32(33,34)35/h6-15,20,23,31,37H,3-5,16-19H2,1-2H3. The average molecular weight is 554 g/mol. The van der Waals surface area contributed by atoms with Gasteiger partial charge in [0.2, 0.25) is 0 Å². The molecule has 1 fully saturated rings. The van der Waals surface area contributed by atoms with Crippen molar-refractivity contribution < 1.29 is 32.5 Å². The predicted octanol–water partition coefficient (Wildman–Crippen LogP) is 7.42. The third-order valence-electron chi connectivity index (χ3n) is 7.88. The van der Waals surface area contributed by atoms with E-state index in [0.29, 0.717) is 5.92 Å². The first kappa shape index (κ1) is 28.1. The summed E-state index contributed by atoms with van der Waals surface area (Å²) in [5.41, 5.74) is 7.19. The van der Waals surface area contributed by atoms with Gasteiger partial charge in [-0.05, 0) is 102 Å². The van der Waals surface area contributed by atoms with Gasteiger partial charge in [-0.1, -0.05) is 30.3 Å². The molecule has 5 nitrogen and oxygen atoms in total. The van der Waals surface area contributed by atoms with E-state index in [1.54, 1.807) is 32.4 Å². The highest BCUT2D eigenvalue weighted by Gasteiger charge is 2.31. The van der Waals surface area contributed by atoms with Crippen molar-refractivity contribution in [3.05, 3.63) is 89.0 Å². The van der Waals surface area contributed by atoms with Crippen molar-refractivity contribution in [2.24, 2.45) is 5.92 Å². The third-order valence-corrected chi connectivity index (χ3v) is 7.88. The Balaban J connectivity index is 1.48. The number of hydrogen-bond acceptors (Lipinski definition) is 5. The van der Waals surface area contributed by atoms with Crippen molar-refractivity contribution in [2.75, 3.05) is 32.2 Å². The Hall–Kier alpha value is -3.49. The Bertz CT molecular complexity index is 1320. The fourth-order valence-electron chi connectivity index (χ4n) is 6.00. The van der Waals surface area contributed by atoms with Gasteiger partial charge in [-0.3, -0.25) is 0 Å². The highest BCUT2D eigenvalue weighted by molar-refractivity contribution is 6.00. The number of benzene rings is 3. The monoisotopic (exact) mass is 553 g/mol. The molecule has 1 saturated heterocycles. The second-order valence-corrected chi connectivity index (χ2v) is 10.3. The zero-order chi connectivity index (χ0) is 28.3. The Morgan fingerprint density at radius 2 is 1.50 bits per heavy atom. The summed E-state index contributed by atoms with van der Waals surface area (Å²) in [5.74, 6) is 0.344. The van der Waals surface area contributed by atoms with Crippen LogP contribution in [0, 0.1) is 5.92 Å². The highest BCUT2D eigenvalue weighted by atomic mass is 19.4. The molecular formula is C32H34F3NO4. The molecule has 0 radical (unpaired) electrons. The van der Waals surface area contributed by atoms with Crippen LogP contribution in [0.15, 0.2) is 66.7 Å². The fraction of sp³-hybridized carbons (Fsp3) is 0.375. The van der Waals surface area contributed by atoms with E-state index in [1.165, 1.54) is 12.1 Å². The van der Waals surface area contributed by atoms with E-state index in [2.05, 4.69) is 33.9 Å². The lowest BCUT2D eigenvalue weighted by Gasteiger charge is -2.36. The lowest BCUT2D eigenvalue weighted by Crippen LogP contribution is -2.39. The van der Waals surface area contributed by atoms with Crippen molar-refractivity contribution in [1.29, 1.82) is 0 Å². The molecule has 5 rings (SSSR count). The van der Waals surface area contributed by atoms with Crippen LogP contribution in [-0.4, -0.2) is 45.1 Å². The lowest BCUT2D eigenvalue weighted by molar-refractivity contribution is -0.274. The molecule has 0 aromatic heterocycles. The van der Waals surface area contributed by atoms with Crippen LogP contribution < -0.4 is 9.64 Å². The van der Waals surface area contributed by atoms with Gasteiger partial charge in [0.1, 0.15) is 11.5 Å². The Morgan fingerprint density at radius 3 is 2.12 bits per heavy atom. The zero-order valence-electron chi connectivity index (χ0n) is 22.7. The molecular weight excluding hydrogens is 519 g/mol. The minimum Gasteiger partial charge on any atom is -0.508 e. The first-order valence-corrected chi connectivity index (χ1v) is 13.6. The number of hydrogen-bond donors (Lipinski definition) is 1. The number of phenolic OH excluding ortho intramolecular Hbond substituents is 1. The molecule has 0 bridgehead atoms. The first-order valence-electron chi connectivity index (χ1n) is 13.6. The topological polar surface area (TPSA) is 51.2 Å². The van der Waals surface area contributed by atoms with E-state index in [-0.39, 0.29) is 17.8 Å². The van der Waals surface area contributed by atoms with Gasteiger partial charge in [-0.2, -0.15) is 0 Å². The molecule has 3 aromatic carbocycles. The fourth-order valence-corrected chi connectivity index (χ4v) is 6.00. The number of halogens is 3. The molecule has 8 heteroatoms. The second-order valence-electron chi connectivity index (χ2n) is 10.3. The predicted molar refractivity (Wildman–Crippen MR) is 149 cm³/mol. The molecule has 1 heterocycles. The molecule has 0 atom stereocenters. The third kappa shape index (κ3) is 6.29. The largest absolute Gasteiger partial charge is 0.573 e. The van der Waals surface area contributed by atoms with E-state index in [0.717, 1.165) is 84.3 Å². The number of fused-ring (bicyclic) bond motifs is 1. The first-order chi connectivity index (χ1) is 19.3. The Kier molecular flexibility index (Phi) is 8.38. The van der Waals surface area contributed by atoms with Crippen LogP contribution in [0.2, 0.25) is 0 Å². The van der Waals surface area contributed by atoms with Gasteiger partial charge in [0.05, 0.1) is 0 Å².